The Morgan fingerprint density at radius 2 is 1.20 bits per heavy atom. The number of benzene rings is 1. The van der Waals surface area contributed by atoms with Crippen molar-refractivity contribution in [2.75, 3.05) is 6.61 Å². The van der Waals surface area contributed by atoms with Crippen LogP contribution in [0.25, 0.3) is 0 Å². The molecule has 0 spiro atoms. The van der Waals surface area contributed by atoms with Crippen LogP contribution < -0.4 is 0 Å². The van der Waals surface area contributed by atoms with Crippen molar-refractivity contribution in [3.05, 3.63) is 35.9 Å². The predicted octanol–water partition coefficient (Wildman–Crippen LogP) is 7.32. The van der Waals surface area contributed by atoms with E-state index < -0.39 is 0 Å². The highest BCUT2D eigenvalue weighted by molar-refractivity contribution is 5.15. The summed E-state index contributed by atoms with van der Waals surface area (Å²) in [5, 5.41) is 9.31. The molecule has 1 unspecified atom stereocenters. The van der Waals surface area contributed by atoms with Crippen molar-refractivity contribution in [2.45, 2.75) is 103 Å². The smallest absolute Gasteiger partial charge is 0.0433 e. The summed E-state index contributed by atoms with van der Waals surface area (Å²) in [4.78, 5) is 0. The summed E-state index contributed by atoms with van der Waals surface area (Å²) >= 11 is 0. The summed E-state index contributed by atoms with van der Waals surface area (Å²) in [6.07, 6.45) is 20.3. The molecule has 0 aliphatic rings. The summed E-state index contributed by atoms with van der Waals surface area (Å²) in [6, 6.07) is 10.7. The van der Waals surface area contributed by atoms with Gasteiger partial charge in [-0.2, -0.15) is 0 Å². The Kier molecular flexibility index (Phi) is 14.8. The molecule has 0 aliphatic heterocycles. The Hall–Kier alpha value is -0.820. The van der Waals surface area contributed by atoms with Gasteiger partial charge >= 0.3 is 0 Å². The maximum atomic E-state index is 9.31. The van der Waals surface area contributed by atoms with E-state index in [9.17, 15) is 5.11 Å². The minimum Gasteiger partial charge on any atom is -0.396 e. The highest BCUT2D eigenvalue weighted by Gasteiger charge is 2.09. The third-order valence-electron chi connectivity index (χ3n) is 5.37. The van der Waals surface area contributed by atoms with Crippen molar-refractivity contribution in [3.8, 4) is 0 Å². The molecule has 1 N–H and O–H groups in total. The first-order valence-electron chi connectivity index (χ1n) is 11.0. The van der Waals surface area contributed by atoms with Crippen LogP contribution in [0.5, 0.6) is 0 Å². The molecule has 1 rings (SSSR count). The van der Waals surface area contributed by atoms with Crippen LogP contribution in [-0.2, 0) is 6.42 Å². The van der Waals surface area contributed by atoms with Crippen LogP contribution in [0.4, 0.5) is 0 Å². The summed E-state index contributed by atoms with van der Waals surface area (Å²) in [5.41, 5.74) is 1.42. The van der Waals surface area contributed by atoms with Gasteiger partial charge in [-0.25, -0.2) is 0 Å². The van der Waals surface area contributed by atoms with Gasteiger partial charge in [0.15, 0.2) is 0 Å². The van der Waals surface area contributed by atoms with Crippen molar-refractivity contribution < 1.29 is 5.11 Å². The number of unbranched alkanes of at least 4 members (excludes halogenated alkanes) is 11. The van der Waals surface area contributed by atoms with Gasteiger partial charge in [-0.15, -0.1) is 0 Å². The van der Waals surface area contributed by atoms with Crippen LogP contribution in [0, 0.1) is 5.92 Å². The van der Waals surface area contributed by atoms with E-state index in [0.717, 1.165) is 12.8 Å². The lowest BCUT2D eigenvalue weighted by atomic mass is 9.91. The second-order valence-corrected chi connectivity index (χ2v) is 7.75. The summed E-state index contributed by atoms with van der Waals surface area (Å²) < 4.78 is 0. The van der Waals surface area contributed by atoms with Crippen LogP contribution in [0.3, 0.4) is 0 Å². The van der Waals surface area contributed by atoms with Gasteiger partial charge in [0.2, 0.25) is 0 Å². The number of aliphatic hydroxyl groups is 1. The third-order valence-corrected chi connectivity index (χ3v) is 5.37. The molecule has 1 aromatic rings. The third kappa shape index (κ3) is 13.1. The quantitative estimate of drug-likeness (QED) is 0.293. The predicted molar refractivity (Wildman–Crippen MR) is 111 cm³/mol. The Balaban J connectivity index is 1.96. The van der Waals surface area contributed by atoms with Crippen molar-refractivity contribution >= 4 is 0 Å². The highest BCUT2D eigenvalue weighted by atomic mass is 16.3. The lowest BCUT2D eigenvalue weighted by Crippen LogP contribution is -2.07. The first-order chi connectivity index (χ1) is 12.4. The first-order valence-corrected chi connectivity index (χ1v) is 11.0. The molecule has 0 heterocycles. The average Bonchev–Trinajstić information content (AvgIpc) is 2.63. The maximum absolute atomic E-state index is 9.31. The average molecular weight is 347 g/mol. The van der Waals surface area contributed by atoms with Crippen LogP contribution in [-0.4, -0.2) is 11.7 Å². The van der Waals surface area contributed by atoms with Gasteiger partial charge in [-0.1, -0.05) is 121 Å². The molecule has 0 fully saturated rings. The highest BCUT2D eigenvalue weighted by Crippen LogP contribution is 2.20. The minimum absolute atomic E-state index is 0.329. The Morgan fingerprint density at radius 3 is 1.72 bits per heavy atom. The molecule has 0 radical (unpaired) electrons. The van der Waals surface area contributed by atoms with E-state index in [0.29, 0.717) is 12.5 Å². The fourth-order valence-corrected chi connectivity index (χ4v) is 3.75. The van der Waals surface area contributed by atoms with Crippen molar-refractivity contribution in [3.63, 3.8) is 0 Å². The maximum Gasteiger partial charge on any atom is 0.0433 e. The van der Waals surface area contributed by atoms with E-state index in [-0.39, 0.29) is 0 Å². The van der Waals surface area contributed by atoms with Gasteiger partial charge in [0.25, 0.3) is 0 Å². The summed E-state index contributed by atoms with van der Waals surface area (Å²) in [5.74, 6) is 0.649. The number of hydrogen-bond acceptors (Lipinski definition) is 1. The Labute approximate surface area is 157 Å². The van der Waals surface area contributed by atoms with E-state index in [4.69, 9.17) is 0 Å². The molecule has 0 saturated carbocycles. The van der Waals surface area contributed by atoms with Gasteiger partial charge in [0, 0.05) is 6.61 Å². The first kappa shape index (κ1) is 22.2. The Morgan fingerprint density at radius 1 is 0.680 bits per heavy atom. The molecule has 0 saturated heterocycles. The zero-order valence-electron chi connectivity index (χ0n) is 16.7. The molecule has 0 aromatic heterocycles. The van der Waals surface area contributed by atoms with E-state index in [1.54, 1.807) is 0 Å². The fraction of sp³-hybridized carbons (Fsp3) is 0.750. The van der Waals surface area contributed by atoms with Crippen molar-refractivity contribution in [1.82, 2.24) is 0 Å². The second-order valence-electron chi connectivity index (χ2n) is 7.75. The van der Waals surface area contributed by atoms with Gasteiger partial charge in [0.05, 0.1) is 0 Å². The van der Waals surface area contributed by atoms with E-state index in [1.807, 2.05) is 0 Å². The lowest BCUT2D eigenvalue weighted by molar-refractivity contribution is 0.249. The molecule has 0 aliphatic carbocycles. The van der Waals surface area contributed by atoms with Crippen LogP contribution >= 0.6 is 0 Å². The van der Waals surface area contributed by atoms with E-state index in [2.05, 4.69) is 37.3 Å². The topological polar surface area (TPSA) is 20.2 Å². The molecule has 1 nitrogen and oxygen atoms in total. The zero-order valence-corrected chi connectivity index (χ0v) is 16.7. The zero-order chi connectivity index (χ0) is 18.0. The monoisotopic (exact) mass is 346 g/mol. The second kappa shape index (κ2) is 16.6. The molecular formula is C24H42O. The van der Waals surface area contributed by atoms with Crippen molar-refractivity contribution in [2.24, 2.45) is 5.92 Å². The number of hydrogen-bond donors (Lipinski definition) is 1. The molecule has 144 valence electrons. The molecule has 1 aromatic carbocycles. The van der Waals surface area contributed by atoms with Crippen LogP contribution in [0.2, 0.25) is 0 Å². The molecule has 25 heavy (non-hydrogen) atoms. The van der Waals surface area contributed by atoms with Crippen molar-refractivity contribution in [1.29, 1.82) is 0 Å². The Bertz CT molecular complexity index is 373. The molecule has 1 atom stereocenters. The minimum atomic E-state index is 0.329. The summed E-state index contributed by atoms with van der Waals surface area (Å²) in [6.45, 7) is 2.61. The standard InChI is InChI=1S/C24H42O/c1-2-3-4-5-6-7-8-9-10-11-12-14-19-24(20-21-25)22-23-17-15-13-16-18-23/h13,15-18,24-25H,2-12,14,19-22H2,1H3. The van der Waals surface area contributed by atoms with Crippen LogP contribution in [0.1, 0.15) is 102 Å². The van der Waals surface area contributed by atoms with Crippen LogP contribution in [0.15, 0.2) is 30.3 Å². The largest absolute Gasteiger partial charge is 0.396 e. The normalized spacial score (nSPS) is 12.4. The number of aliphatic hydroxyl groups excluding tert-OH is 1. The summed E-state index contributed by atoms with van der Waals surface area (Å²) in [7, 11) is 0. The fourth-order valence-electron chi connectivity index (χ4n) is 3.75. The molecule has 1 heteroatoms. The van der Waals surface area contributed by atoms with Gasteiger partial charge < -0.3 is 5.11 Å². The van der Waals surface area contributed by atoms with Gasteiger partial charge in [-0.3, -0.25) is 0 Å². The van der Waals surface area contributed by atoms with Gasteiger partial charge in [0.1, 0.15) is 0 Å². The molecule has 0 amide bonds. The van der Waals surface area contributed by atoms with E-state index in [1.165, 1.54) is 89.0 Å². The molecule has 0 bridgehead atoms. The van der Waals surface area contributed by atoms with E-state index >= 15 is 0 Å². The molecular weight excluding hydrogens is 304 g/mol. The number of rotatable bonds is 17. The van der Waals surface area contributed by atoms with Gasteiger partial charge in [-0.05, 0) is 24.3 Å². The SMILES string of the molecule is CCCCCCCCCCCCCCC(CCO)Cc1ccccc1. The lowest BCUT2D eigenvalue weighted by Gasteiger charge is -2.15.